The first-order valence-electron chi connectivity index (χ1n) is 27.2. The molecule has 1 unspecified atom stereocenters. The summed E-state index contributed by atoms with van der Waals surface area (Å²) in [6.45, 7) is 6.43. The Kier molecular flexibility index (Phi) is 50.9. The summed E-state index contributed by atoms with van der Waals surface area (Å²) in [6, 6.07) is 0. The van der Waals surface area contributed by atoms with Crippen LogP contribution in [0.5, 0.6) is 0 Å². The fourth-order valence-electron chi connectivity index (χ4n) is 7.20. The first-order valence-corrected chi connectivity index (χ1v) is 27.2. The second-order valence-electron chi connectivity index (χ2n) is 17.7. The van der Waals surface area contributed by atoms with E-state index in [1.54, 1.807) is 0 Å². The molecule has 0 aromatic heterocycles. The van der Waals surface area contributed by atoms with Gasteiger partial charge in [-0.05, 0) is 122 Å². The normalized spacial score (nSPS) is 12.8. The molecule has 0 aliphatic rings. The summed E-state index contributed by atoms with van der Waals surface area (Å²) in [5.41, 5.74) is 0. The zero-order valence-corrected chi connectivity index (χ0v) is 42.9. The number of hydrogen-bond donors (Lipinski definition) is 0. The van der Waals surface area contributed by atoms with Crippen LogP contribution in [0.2, 0.25) is 0 Å². The highest BCUT2D eigenvalue weighted by molar-refractivity contribution is 5.71. The van der Waals surface area contributed by atoms with Crippen LogP contribution in [0, 0.1) is 0 Å². The van der Waals surface area contributed by atoms with Crippen LogP contribution in [0.4, 0.5) is 0 Å². The lowest BCUT2D eigenvalue weighted by molar-refractivity contribution is -0.167. The van der Waals surface area contributed by atoms with Gasteiger partial charge in [0.1, 0.15) is 13.2 Å². The average molecular weight is 917 g/mol. The lowest BCUT2D eigenvalue weighted by Crippen LogP contribution is -2.30. The van der Waals surface area contributed by atoms with Gasteiger partial charge in [0, 0.05) is 19.3 Å². The van der Waals surface area contributed by atoms with Gasteiger partial charge in [-0.2, -0.15) is 0 Å². The number of rotatable bonds is 48. The van der Waals surface area contributed by atoms with E-state index in [9.17, 15) is 14.4 Å². The van der Waals surface area contributed by atoms with Crippen molar-refractivity contribution in [3.8, 4) is 0 Å². The summed E-state index contributed by atoms with van der Waals surface area (Å²) in [6.07, 6.45) is 71.1. The molecule has 0 saturated carbocycles. The fraction of sp³-hybridized carbons (Fsp3) is 0.683. The predicted octanol–water partition coefficient (Wildman–Crippen LogP) is 18.1. The number of ether oxygens (including phenoxy) is 3. The number of carbonyl (C=O) groups excluding carboxylic acids is 3. The Morgan fingerprint density at radius 2 is 0.591 bits per heavy atom. The molecule has 0 bridgehead atoms. The molecular formula is C60H100O6. The average Bonchev–Trinajstić information content (AvgIpc) is 3.31. The molecule has 66 heavy (non-hydrogen) atoms. The third kappa shape index (κ3) is 51.3. The van der Waals surface area contributed by atoms with Gasteiger partial charge in [-0.3, -0.25) is 14.4 Å². The van der Waals surface area contributed by atoms with E-state index in [2.05, 4.69) is 118 Å². The van der Waals surface area contributed by atoms with Gasteiger partial charge in [-0.25, -0.2) is 0 Å². The van der Waals surface area contributed by atoms with Crippen molar-refractivity contribution in [2.24, 2.45) is 0 Å². The molecule has 0 aromatic rings. The molecule has 0 fully saturated rings. The molecule has 0 aromatic carbocycles. The lowest BCUT2D eigenvalue weighted by atomic mass is 10.1. The van der Waals surface area contributed by atoms with Gasteiger partial charge in [0.25, 0.3) is 0 Å². The van der Waals surface area contributed by atoms with Gasteiger partial charge in [0.15, 0.2) is 6.10 Å². The number of hydrogen-bond acceptors (Lipinski definition) is 6. The van der Waals surface area contributed by atoms with Crippen molar-refractivity contribution in [1.29, 1.82) is 0 Å². The van der Waals surface area contributed by atoms with E-state index in [-0.39, 0.29) is 37.5 Å². The summed E-state index contributed by atoms with van der Waals surface area (Å²) >= 11 is 0. The van der Waals surface area contributed by atoms with Crippen molar-refractivity contribution < 1.29 is 28.6 Å². The topological polar surface area (TPSA) is 78.9 Å². The maximum atomic E-state index is 12.8. The van der Waals surface area contributed by atoms with Gasteiger partial charge in [0.05, 0.1) is 0 Å². The summed E-state index contributed by atoms with van der Waals surface area (Å²) < 4.78 is 16.8. The highest BCUT2D eigenvalue weighted by Gasteiger charge is 2.19. The zero-order valence-electron chi connectivity index (χ0n) is 42.9. The van der Waals surface area contributed by atoms with Gasteiger partial charge in [-0.15, -0.1) is 0 Å². The summed E-state index contributed by atoms with van der Waals surface area (Å²) in [5.74, 6) is -0.969. The van der Waals surface area contributed by atoms with E-state index in [0.717, 1.165) is 116 Å². The van der Waals surface area contributed by atoms with E-state index >= 15 is 0 Å². The number of carbonyl (C=O) groups is 3. The van der Waals surface area contributed by atoms with E-state index in [4.69, 9.17) is 14.2 Å². The van der Waals surface area contributed by atoms with Gasteiger partial charge >= 0.3 is 17.9 Å². The van der Waals surface area contributed by atoms with E-state index in [1.165, 1.54) is 83.5 Å². The standard InChI is InChI=1S/C60H100O6/c1-4-7-10-13-16-19-22-25-27-28-29-30-31-32-34-35-38-41-44-47-50-53-59(62)65-56-57(55-64-58(61)52-49-46-43-40-37-24-21-18-15-12-9-6-3)66-60(63)54-51-48-45-42-39-36-33-26-23-20-17-14-11-8-5-2/h8,11,17-18,20-22,25-26,28-29,31-33,39,42,57H,4-7,9-10,12-16,19,23-24,27,30,34-38,40-41,43-56H2,1-3H3/b11-8-,20-17-,21-18-,25-22-,29-28-,32-31-,33-26-,42-39-. The van der Waals surface area contributed by atoms with Crippen LogP contribution >= 0.6 is 0 Å². The molecule has 0 rings (SSSR count). The molecule has 0 amide bonds. The Bertz CT molecular complexity index is 1330. The number of allylic oxidation sites excluding steroid dienone is 16. The molecule has 0 N–H and O–H groups in total. The third-order valence-corrected chi connectivity index (χ3v) is 11.3. The van der Waals surface area contributed by atoms with Gasteiger partial charge < -0.3 is 14.2 Å². The van der Waals surface area contributed by atoms with Crippen LogP contribution < -0.4 is 0 Å². The molecule has 6 nitrogen and oxygen atoms in total. The maximum Gasteiger partial charge on any atom is 0.306 e. The van der Waals surface area contributed by atoms with Gasteiger partial charge in [-0.1, -0.05) is 201 Å². The van der Waals surface area contributed by atoms with Crippen molar-refractivity contribution >= 4 is 17.9 Å². The summed E-state index contributed by atoms with van der Waals surface area (Å²) in [7, 11) is 0. The Labute approximate surface area is 407 Å². The van der Waals surface area contributed by atoms with Crippen LogP contribution in [-0.4, -0.2) is 37.2 Å². The monoisotopic (exact) mass is 917 g/mol. The first kappa shape index (κ1) is 62.3. The second-order valence-corrected chi connectivity index (χ2v) is 17.7. The van der Waals surface area contributed by atoms with Crippen molar-refractivity contribution in [3.05, 3.63) is 97.2 Å². The van der Waals surface area contributed by atoms with Crippen LogP contribution in [0.15, 0.2) is 97.2 Å². The maximum absolute atomic E-state index is 12.8. The fourth-order valence-corrected chi connectivity index (χ4v) is 7.20. The van der Waals surface area contributed by atoms with Crippen LogP contribution in [0.25, 0.3) is 0 Å². The molecule has 0 aliphatic heterocycles. The number of esters is 3. The molecule has 0 aliphatic carbocycles. The highest BCUT2D eigenvalue weighted by atomic mass is 16.6. The first-order chi connectivity index (χ1) is 32.5. The van der Waals surface area contributed by atoms with Crippen molar-refractivity contribution in [2.45, 2.75) is 252 Å². The zero-order chi connectivity index (χ0) is 47.9. The van der Waals surface area contributed by atoms with Crippen LogP contribution in [0.1, 0.15) is 245 Å². The Hall–Kier alpha value is -3.67. The number of unbranched alkanes of at least 4 members (excludes halogenated alkanes) is 21. The minimum Gasteiger partial charge on any atom is -0.462 e. The summed E-state index contributed by atoms with van der Waals surface area (Å²) in [4.78, 5) is 38.0. The smallest absolute Gasteiger partial charge is 0.306 e. The van der Waals surface area contributed by atoms with E-state index in [0.29, 0.717) is 19.3 Å². The molecule has 6 heteroatoms. The van der Waals surface area contributed by atoms with E-state index < -0.39 is 6.10 Å². The van der Waals surface area contributed by atoms with Gasteiger partial charge in [0.2, 0.25) is 0 Å². The predicted molar refractivity (Wildman–Crippen MR) is 284 cm³/mol. The van der Waals surface area contributed by atoms with E-state index in [1.807, 2.05) is 0 Å². The molecule has 0 radical (unpaired) electrons. The third-order valence-electron chi connectivity index (χ3n) is 11.3. The molecule has 1 atom stereocenters. The molecular weight excluding hydrogens is 817 g/mol. The second kappa shape index (κ2) is 53.9. The van der Waals surface area contributed by atoms with Crippen molar-refractivity contribution in [2.75, 3.05) is 13.2 Å². The van der Waals surface area contributed by atoms with Crippen molar-refractivity contribution in [1.82, 2.24) is 0 Å². The summed E-state index contributed by atoms with van der Waals surface area (Å²) in [5, 5.41) is 0. The molecule has 376 valence electrons. The minimum atomic E-state index is -0.809. The minimum absolute atomic E-state index is 0.104. The van der Waals surface area contributed by atoms with Crippen LogP contribution in [0.3, 0.4) is 0 Å². The molecule has 0 spiro atoms. The Balaban J connectivity index is 4.44. The van der Waals surface area contributed by atoms with Crippen LogP contribution in [-0.2, 0) is 28.6 Å². The molecule has 0 heterocycles. The quantitative estimate of drug-likeness (QED) is 0.0262. The lowest BCUT2D eigenvalue weighted by Gasteiger charge is -2.18. The molecule has 0 saturated heterocycles. The largest absolute Gasteiger partial charge is 0.462 e. The SMILES string of the molecule is CC/C=C\C/C=C\C/C=C\C/C=C\CCCCC(=O)OC(COC(=O)CCCCCCC/C=C\CCCCC)COC(=O)CCCCCCCC/C=C\C/C=C\C/C=C\CCCCCCC. The Morgan fingerprint density at radius 1 is 0.318 bits per heavy atom. The Morgan fingerprint density at radius 3 is 1.00 bits per heavy atom. The van der Waals surface area contributed by atoms with Crippen molar-refractivity contribution in [3.63, 3.8) is 0 Å². The highest BCUT2D eigenvalue weighted by Crippen LogP contribution is 2.13.